The highest BCUT2D eigenvalue weighted by Gasteiger charge is 2.15. The minimum atomic E-state index is -1.15. The summed E-state index contributed by atoms with van der Waals surface area (Å²) in [4.78, 5) is 29.8. The quantitative estimate of drug-likeness (QED) is 0.709. The first kappa shape index (κ1) is 12.1. The van der Waals surface area contributed by atoms with Gasteiger partial charge in [-0.2, -0.15) is 0 Å². The van der Waals surface area contributed by atoms with Crippen molar-refractivity contribution in [3.8, 4) is 0 Å². The van der Waals surface area contributed by atoms with E-state index in [1.807, 2.05) is 24.3 Å². The van der Waals surface area contributed by atoms with Crippen molar-refractivity contribution < 1.29 is 19.5 Å². The van der Waals surface area contributed by atoms with Gasteiger partial charge in [-0.3, -0.25) is 9.63 Å². The van der Waals surface area contributed by atoms with Gasteiger partial charge < -0.3 is 10.1 Å². The number of benzene rings is 1. The Morgan fingerprint density at radius 1 is 1.39 bits per heavy atom. The Kier molecular flexibility index (Phi) is 3.29. The predicted molar refractivity (Wildman–Crippen MR) is 64.1 cm³/mol. The number of aromatic nitrogens is 1. The molecule has 0 unspecified atom stereocenters. The number of carbonyl (C=O) groups is 2. The molecule has 1 amide bonds. The lowest BCUT2D eigenvalue weighted by molar-refractivity contribution is -0.144. The summed E-state index contributed by atoms with van der Waals surface area (Å²) in [6.45, 7) is 1.19. The average Bonchev–Trinajstić information content (AvgIpc) is 2.64. The molecule has 0 saturated carbocycles. The third kappa shape index (κ3) is 2.33. The summed E-state index contributed by atoms with van der Waals surface area (Å²) in [5.74, 6) is -1.61. The van der Waals surface area contributed by atoms with Crippen LogP contribution in [0, 0.1) is 6.92 Å². The van der Waals surface area contributed by atoms with Gasteiger partial charge in [0.05, 0.1) is 5.56 Å². The van der Waals surface area contributed by atoms with Crippen molar-refractivity contribution in [3.05, 3.63) is 35.5 Å². The summed E-state index contributed by atoms with van der Waals surface area (Å²) in [6.07, 6.45) is 0. The minimum Gasteiger partial charge on any atom is -0.479 e. The maximum Gasteiger partial charge on any atom is 0.332 e. The summed E-state index contributed by atoms with van der Waals surface area (Å²) in [5, 5.41) is 9.17. The van der Waals surface area contributed by atoms with Gasteiger partial charge in [0.15, 0.2) is 6.61 Å². The number of aromatic amines is 1. The molecule has 0 aliphatic heterocycles. The number of hydroxylamine groups is 1. The van der Waals surface area contributed by atoms with Crippen LogP contribution in [0.5, 0.6) is 0 Å². The van der Waals surface area contributed by atoms with Crippen molar-refractivity contribution in [2.24, 2.45) is 0 Å². The van der Waals surface area contributed by atoms with Gasteiger partial charge in [-0.25, -0.2) is 10.3 Å². The number of nitrogens with one attached hydrogen (secondary N) is 2. The van der Waals surface area contributed by atoms with Crippen molar-refractivity contribution >= 4 is 22.8 Å². The van der Waals surface area contributed by atoms with Gasteiger partial charge in [0.25, 0.3) is 5.91 Å². The topological polar surface area (TPSA) is 91.4 Å². The number of amides is 1. The number of para-hydroxylation sites is 1. The molecule has 18 heavy (non-hydrogen) atoms. The molecule has 2 rings (SSSR count). The van der Waals surface area contributed by atoms with E-state index < -0.39 is 18.5 Å². The molecule has 1 aromatic carbocycles. The van der Waals surface area contributed by atoms with E-state index in [2.05, 4.69) is 15.3 Å². The number of rotatable bonds is 4. The molecule has 6 heteroatoms. The van der Waals surface area contributed by atoms with Crippen LogP contribution in [0.2, 0.25) is 0 Å². The maximum atomic E-state index is 11.9. The first-order chi connectivity index (χ1) is 8.59. The molecule has 0 radical (unpaired) electrons. The second kappa shape index (κ2) is 4.89. The van der Waals surface area contributed by atoms with Gasteiger partial charge in [0.2, 0.25) is 0 Å². The Labute approximate surface area is 103 Å². The third-order valence-electron chi connectivity index (χ3n) is 2.48. The van der Waals surface area contributed by atoms with E-state index >= 15 is 0 Å². The Balaban J connectivity index is 2.22. The summed E-state index contributed by atoms with van der Waals surface area (Å²) in [5.41, 5.74) is 4.11. The molecule has 1 aromatic heterocycles. The molecule has 2 aromatic rings. The van der Waals surface area contributed by atoms with E-state index in [1.165, 1.54) is 0 Å². The lowest BCUT2D eigenvalue weighted by atomic mass is 10.1. The summed E-state index contributed by atoms with van der Waals surface area (Å²) < 4.78 is 0. The fraction of sp³-hybridized carbons (Fsp3) is 0.167. The minimum absolute atomic E-state index is 0.455. The number of carbonyl (C=O) groups excluding carboxylic acids is 1. The monoisotopic (exact) mass is 248 g/mol. The number of carboxylic acid groups (broad SMARTS) is 1. The molecular weight excluding hydrogens is 236 g/mol. The highest BCUT2D eigenvalue weighted by molar-refractivity contribution is 6.07. The van der Waals surface area contributed by atoms with E-state index in [4.69, 9.17) is 5.11 Å². The summed E-state index contributed by atoms with van der Waals surface area (Å²) in [7, 11) is 0. The van der Waals surface area contributed by atoms with E-state index in [9.17, 15) is 9.59 Å². The number of aliphatic carboxylic acids is 1. The van der Waals surface area contributed by atoms with Gasteiger partial charge in [0.1, 0.15) is 0 Å². The van der Waals surface area contributed by atoms with Gasteiger partial charge in [-0.1, -0.05) is 18.2 Å². The second-order valence-electron chi connectivity index (χ2n) is 3.78. The lowest BCUT2D eigenvalue weighted by Crippen LogP contribution is -2.27. The standard InChI is InChI=1S/C12H12N2O4/c1-7-11(12(17)14-18-6-10(15)16)8-4-2-3-5-9(8)13-7/h2-5,13H,6H2,1H3,(H,14,17)(H,15,16). The van der Waals surface area contributed by atoms with Crippen molar-refractivity contribution in [2.45, 2.75) is 6.92 Å². The van der Waals surface area contributed by atoms with Crippen molar-refractivity contribution in [1.29, 1.82) is 0 Å². The SMILES string of the molecule is Cc1[nH]c2ccccc2c1C(=O)NOCC(=O)O. The normalized spacial score (nSPS) is 10.5. The first-order valence-electron chi connectivity index (χ1n) is 5.31. The number of fused-ring (bicyclic) bond motifs is 1. The lowest BCUT2D eigenvalue weighted by Gasteiger charge is -2.03. The number of hydrogen-bond donors (Lipinski definition) is 3. The second-order valence-corrected chi connectivity index (χ2v) is 3.78. The maximum absolute atomic E-state index is 11.9. The molecule has 6 nitrogen and oxygen atoms in total. The number of carboxylic acids is 1. The fourth-order valence-electron chi connectivity index (χ4n) is 1.78. The number of hydrogen-bond acceptors (Lipinski definition) is 3. The predicted octanol–water partition coefficient (Wildman–Crippen LogP) is 1.22. The Morgan fingerprint density at radius 2 is 2.11 bits per heavy atom. The average molecular weight is 248 g/mol. The van der Waals surface area contributed by atoms with Crippen molar-refractivity contribution in [3.63, 3.8) is 0 Å². The highest BCUT2D eigenvalue weighted by atomic mass is 16.7. The van der Waals surface area contributed by atoms with Crippen LogP contribution in [0.15, 0.2) is 24.3 Å². The van der Waals surface area contributed by atoms with Crippen LogP contribution in [-0.2, 0) is 9.63 Å². The summed E-state index contributed by atoms with van der Waals surface area (Å²) >= 11 is 0. The van der Waals surface area contributed by atoms with Crippen LogP contribution in [0.1, 0.15) is 16.1 Å². The molecule has 94 valence electrons. The zero-order valence-electron chi connectivity index (χ0n) is 9.69. The molecule has 0 bridgehead atoms. The first-order valence-corrected chi connectivity index (χ1v) is 5.31. The van der Waals surface area contributed by atoms with E-state index in [0.717, 1.165) is 10.9 Å². The van der Waals surface area contributed by atoms with Crippen LogP contribution in [0.4, 0.5) is 0 Å². The van der Waals surface area contributed by atoms with Crippen molar-refractivity contribution in [1.82, 2.24) is 10.5 Å². The molecule has 0 aliphatic carbocycles. The number of H-pyrrole nitrogens is 1. The van der Waals surface area contributed by atoms with Crippen LogP contribution in [0.3, 0.4) is 0 Å². The van der Waals surface area contributed by atoms with E-state index in [1.54, 1.807) is 6.92 Å². The molecular formula is C12H12N2O4. The van der Waals surface area contributed by atoms with Crippen LogP contribution >= 0.6 is 0 Å². The van der Waals surface area contributed by atoms with Gasteiger partial charge in [-0.05, 0) is 13.0 Å². The largest absolute Gasteiger partial charge is 0.479 e. The van der Waals surface area contributed by atoms with E-state index in [-0.39, 0.29) is 0 Å². The van der Waals surface area contributed by atoms with Crippen LogP contribution in [0.25, 0.3) is 10.9 Å². The molecule has 0 spiro atoms. The summed E-state index contributed by atoms with van der Waals surface area (Å²) in [6, 6.07) is 7.35. The Hall–Kier alpha value is -2.34. The molecule has 0 saturated heterocycles. The Morgan fingerprint density at radius 3 is 2.83 bits per heavy atom. The van der Waals surface area contributed by atoms with Crippen LogP contribution in [-0.4, -0.2) is 28.6 Å². The van der Waals surface area contributed by atoms with Crippen LogP contribution < -0.4 is 5.48 Å². The fourth-order valence-corrected chi connectivity index (χ4v) is 1.78. The van der Waals surface area contributed by atoms with Gasteiger partial charge in [0, 0.05) is 16.6 Å². The van der Waals surface area contributed by atoms with Gasteiger partial charge in [-0.15, -0.1) is 0 Å². The Bertz CT molecular complexity index is 603. The zero-order chi connectivity index (χ0) is 13.1. The third-order valence-corrected chi connectivity index (χ3v) is 2.48. The number of aryl methyl sites for hydroxylation is 1. The van der Waals surface area contributed by atoms with Gasteiger partial charge >= 0.3 is 5.97 Å². The molecule has 0 aliphatic rings. The van der Waals surface area contributed by atoms with E-state index in [0.29, 0.717) is 11.3 Å². The zero-order valence-corrected chi connectivity index (χ0v) is 9.69. The molecule has 3 N–H and O–H groups in total. The molecule has 1 heterocycles. The smallest absolute Gasteiger partial charge is 0.332 e. The highest BCUT2D eigenvalue weighted by Crippen LogP contribution is 2.21. The van der Waals surface area contributed by atoms with Crippen molar-refractivity contribution in [2.75, 3.05) is 6.61 Å². The molecule has 0 fully saturated rings. The molecule has 0 atom stereocenters.